The van der Waals surface area contributed by atoms with Crippen LogP contribution in [-0.2, 0) is 4.79 Å². The molecule has 7 nitrogen and oxygen atoms in total. The molecule has 1 amide bonds. The van der Waals surface area contributed by atoms with Crippen LogP contribution in [0.25, 0.3) is 5.82 Å². The maximum Gasteiger partial charge on any atom is 0.225 e. The minimum absolute atomic E-state index is 0.264. The van der Waals surface area contributed by atoms with Crippen molar-refractivity contribution in [1.29, 1.82) is 0 Å². The van der Waals surface area contributed by atoms with Gasteiger partial charge in [0, 0.05) is 43.9 Å². The lowest BCUT2D eigenvalue weighted by Crippen LogP contribution is -2.50. The quantitative estimate of drug-likeness (QED) is 0.845. The van der Waals surface area contributed by atoms with E-state index in [-0.39, 0.29) is 5.92 Å². The maximum absolute atomic E-state index is 12.6. The Labute approximate surface area is 154 Å². The number of carbonyl (C=O) groups is 1. The molecule has 1 saturated carbocycles. The first kappa shape index (κ1) is 17.0. The van der Waals surface area contributed by atoms with Crippen LogP contribution in [-0.4, -0.2) is 56.5 Å². The van der Waals surface area contributed by atoms with Gasteiger partial charge in [-0.25, -0.2) is 15.0 Å². The second-order valence-electron chi connectivity index (χ2n) is 7.31. The highest BCUT2D eigenvalue weighted by atomic mass is 16.2. The molecule has 1 saturated heterocycles. The van der Waals surface area contributed by atoms with Crippen LogP contribution in [0.3, 0.4) is 0 Å². The maximum atomic E-state index is 12.6. The number of anilines is 1. The zero-order valence-electron chi connectivity index (χ0n) is 15.6. The number of piperazine rings is 1. The number of amides is 1. The fourth-order valence-corrected chi connectivity index (χ4v) is 3.96. The summed E-state index contributed by atoms with van der Waals surface area (Å²) >= 11 is 0. The van der Waals surface area contributed by atoms with Crippen molar-refractivity contribution in [2.45, 2.75) is 39.5 Å². The third-order valence-corrected chi connectivity index (χ3v) is 5.76. The van der Waals surface area contributed by atoms with Gasteiger partial charge in [-0.2, -0.15) is 0 Å². The van der Waals surface area contributed by atoms with E-state index < -0.39 is 0 Å². The van der Waals surface area contributed by atoms with Crippen LogP contribution in [0.5, 0.6) is 0 Å². The number of carbonyl (C=O) groups excluding carboxylic acids is 1. The number of nitrogens with zero attached hydrogens (tertiary/aromatic N) is 6. The summed E-state index contributed by atoms with van der Waals surface area (Å²) in [5, 5.41) is 0. The standard InChI is InChI=1S/C19H26N6O/c1-14-15(2)25(13-22-14)18-11-17(20-12-21-18)23-7-9-24(10-8-23)19(26)16-5-3-4-6-16/h11-13,16H,3-10H2,1-2H3. The van der Waals surface area contributed by atoms with Gasteiger partial charge in [-0.3, -0.25) is 9.36 Å². The van der Waals surface area contributed by atoms with Crippen LogP contribution in [0.1, 0.15) is 37.1 Å². The summed E-state index contributed by atoms with van der Waals surface area (Å²) in [5.41, 5.74) is 2.09. The van der Waals surface area contributed by atoms with Crippen molar-refractivity contribution >= 4 is 11.7 Å². The van der Waals surface area contributed by atoms with Gasteiger partial charge in [0.2, 0.25) is 5.91 Å². The minimum atomic E-state index is 0.264. The van der Waals surface area contributed by atoms with E-state index in [0.717, 1.165) is 62.0 Å². The Morgan fingerprint density at radius 2 is 1.69 bits per heavy atom. The molecular formula is C19H26N6O. The molecule has 0 N–H and O–H groups in total. The Balaban J connectivity index is 1.44. The molecule has 0 atom stereocenters. The third kappa shape index (κ3) is 3.18. The summed E-state index contributed by atoms with van der Waals surface area (Å²) in [6, 6.07) is 2.00. The molecule has 0 bridgehead atoms. The summed E-state index contributed by atoms with van der Waals surface area (Å²) in [4.78, 5) is 30.1. The van der Waals surface area contributed by atoms with Crippen LogP contribution >= 0.6 is 0 Å². The van der Waals surface area contributed by atoms with Gasteiger partial charge in [0.1, 0.15) is 24.3 Å². The molecule has 2 aromatic rings. The predicted molar refractivity (Wildman–Crippen MR) is 99.4 cm³/mol. The van der Waals surface area contributed by atoms with Crippen molar-refractivity contribution in [3.05, 3.63) is 30.1 Å². The molecule has 7 heteroatoms. The Morgan fingerprint density at radius 3 is 2.35 bits per heavy atom. The molecule has 0 spiro atoms. The monoisotopic (exact) mass is 354 g/mol. The lowest BCUT2D eigenvalue weighted by atomic mass is 10.1. The van der Waals surface area contributed by atoms with Crippen LogP contribution in [0.2, 0.25) is 0 Å². The summed E-state index contributed by atoms with van der Waals surface area (Å²) in [5.74, 6) is 2.36. The molecule has 0 aromatic carbocycles. The molecule has 4 rings (SSSR count). The zero-order valence-corrected chi connectivity index (χ0v) is 15.6. The minimum Gasteiger partial charge on any atom is -0.353 e. The van der Waals surface area contributed by atoms with Gasteiger partial charge in [0.15, 0.2) is 0 Å². The van der Waals surface area contributed by atoms with Crippen molar-refractivity contribution in [1.82, 2.24) is 24.4 Å². The first-order valence-electron chi connectivity index (χ1n) is 9.50. The van der Waals surface area contributed by atoms with Crippen molar-refractivity contribution in [2.75, 3.05) is 31.1 Å². The fraction of sp³-hybridized carbons (Fsp3) is 0.579. The van der Waals surface area contributed by atoms with Gasteiger partial charge in [-0.15, -0.1) is 0 Å². The van der Waals surface area contributed by atoms with Gasteiger partial charge in [0.25, 0.3) is 0 Å². The van der Waals surface area contributed by atoms with Crippen LogP contribution in [0.4, 0.5) is 5.82 Å². The van der Waals surface area contributed by atoms with Gasteiger partial charge < -0.3 is 9.80 Å². The number of aromatic nitrogens is 4. The Kier molecular flexibility index (Phi) is 4.61. The predicted octanol–water partition coefficient (Wildman–Crippen LogP) is 2.12. The van der Waals surface area contributed by atoms with Crippen LogP contribution in [0.15, 0.2) is 18.7 Å². The topological polar surface area (TPSA) is 67.2 Å². The Hall–Kier alpha value is -2.44. The van der Waals surface area contributed by atoms with E-state index in [9.17, 15) is 4.79 Å². The molecule has 138 valence electrons. The van der Waals surface area contributed by atoms with Gasteiger partial charge in [-0.1, -0.05) is 12.8 Å². The van der Waals surface area contributed by atoms with Crippen molar-refractivity contribution in [2.24, 2.45) is 5.92 Å². The van der Waals surface area contributed by atoms with Gasteiger partial charge in [0.05, 0.1) is 5.69 Å². The summed E-state index contributed by atoms with van der Waals surface area (Å²) < 4.78 is 1.99. The van der Waals surface area contributed by atoms with Crippen molar-refractivity contribution in [3.8, 4) is 5.82 Å². The largest absolute Gasteiger partial charge is 0.353 e. The molecule has 2 aromatic heterocycles. The molecular weight excluding hydrogens is 328 g/mol. The average Bonchev–Trinajstić information content (AvgIpc) is 3.33. The van der Waals surface area contributed by atoms with Crippen molar-refractivity contribution < 1.29 is 4.79 Å². The first-order valence-corrected chi connectivity index (χ1v) is 9.50. The Bertz CT molecular complexity index is 787. The normalized spacial score (nSPS) is 18.5. The number of hydrogen-bond donors (Lipinski definition) is 0. The van der Waals surface area contributed by atoms with E-state index in [1.54, 1.807) is 12.7 Å². The lowest BCUT2D eigenvalue weighted by molar-refractivity contribution is -0.135. The summed E-state index contributed by atoms with van der Waals surface area (Å²) in [6.45, 7) is 7.22. The zero-order chi connectivity index (χ0) is 18.1. The van der Waals surface area contributed by atoms with Crippen LogP contribution in [0, 0.1) is 19.8 Å². The molecule has 0 unspecified atom stereocenters. The van der Waals surface area contributed by atoms with E-state index in [1.807, 2.05) is 29.4 Å². The molecule has 1 aliphatic carbocycles. The molecule has 3 heterocycles. The summed E-state index contributed by atoms with van der Waals surface area (Å²) in [6.07, 6.45) is 7.95. The second kappa shape index (κ2) is 7.05. The van der Waals surface area contributed by atoms with Crippen molar-refractivity contribution in [3.63, 3.8) is 0 Å². The molecule has 26 heavy (non-hydrogen) atoms. The highest BCUT2D eigenvalue weighted by Gasteiger charge is 2.29. The highest BCUT2D eigenvalue weighted by molar-refractivity contribution is 5.79. The number of aryl methyl sites for hydroxylation is 1. The van der Waals surface area contributed by atoms with E-state index in [1.165, 1.54) is 12.8 Å². The van der Waals surface area contributed by atoms with Crippen LogP contribution < -0.4 is 4.90 Å². The number of hydrogen-bond acceptors (Lipinski definition) is 5. The van der Waals surface area contributed by atoms with E-state index in [4.69, 9.17) is 0 Å². The van der Waals surface area contributed by atoms with E-state index in [0.29, 0.717) is 5.91 Å². The second-order valence-corrected chi connectivity index (χ2v) is 7.31. The SMILES string of the molecule is Cc1ncn(-c2cc(N3CCN(C(=O)C4CCCC4)CC3)ncn2)c1C. The smallest absolute Gasteiger partial charge is 0.225 e. The number of rotatable bonds is 3. The molecule has 0 radical (unpaired) electrons. The fourth-order valence-electron chi connectivity index (χ4n) is 3.96. The molecule has 2 aliphatic rings. The Morgan fingerprint density at radius 1 is 1.00 bits per heavy atom. The van der Waals surface area contributed by atoms with Gasteiger partial charge in [-0.05, 0) is 26.7 Å². The van der Waals surface area contributed by atoms with Gasteiger partial charge >= 0.3 is 0 Å². The first-order chi connectivity index (χ1) is 12.6. The third-order valence-electron chi connectivity index (χ3n) is 5.76. The summed E-state index contributed by atoms with van der Waals surface area (Å²) in [7, 11) is 0. The van der Waals surface area contributed by atoms with E-state index >= 15 is 0 Å². The highest BCUT2D eigenvalue weighted by Crippen LogP contribution is 2.27. The lowest BCUT2D eigenvalue weighted by Gasteiger charge is -2.36. The molecule has 2 fully saturated rings. The van der Waals surface area contributed by atoms with E-state index in [2.05, 4.69) is 19.9 Å². The molecule has 1 aliphatic heterocycles. The average molecular weight is 354 g/mol. The number of imidazole rings is 1.